The molecule has 3 aromatic heterocycles. The first-order valence-corrected chi connectivity index (χ1v) is 11.2. The minimum Gasteiger partial charge on any atom is -0.461 e. The Morgan fingerprint density at radius 1 is 1.42 bits per heavy atom. The summed E-state index contributed by atoms with van der Waals surface area (Å²) < 4.78 is 9.43. The predicted molar refractivity (Wildman–Crippen MR) is 118 cm³/mol. The fourth-order valence-electron chi connectivity index (χ4n) is 3.62. The molecule has 3 aromatic rings. The number of aromatic nitrogens is 4. The molecule has 0 bridgehead atoms. The minimum absolute atomic E-state index is 0.0218. The maximum atomic E-state index is 12.6. The number of nitrogens with one attached hydrogen (secondary N) is 1. The van der Waals surface area contributed by atoms with Crippen LogP contribution in [0, 0.1) is 10.7 Å². The molecule has 4 rings (SSSR count). The molecule has 31 heavy (non-hydrogen) atoms. The maximum absolute atomic E-state index is 12.6. The lowest BCUT2D eigenvalue weighted by Gasteiger charge is -2.31. The molecule has 1 saturated heterocycles. The summed E-state index contributed by atoms with van der Waals surface area (Å²) in [6.45, 7) is 2.20. The van der Waals surface area contributed by atoms with Crippen LogP contribution in [0.1, 0.15) is 19.3 Å². The van der Waals surface area contributed by atoms with Gasteiger partial charge in [0.25, 0.3) is 0 Å². The van der Waals surface area contributed by atoms with Crippen LogP contribution in [-0.2, 0) is 22.8 Å². The van der Waals surface area contributed by atoms with Gasteiger partial charge in [0.1, 0.15) is 0 Å². The molecule has 1 unspecified atom stereocenters. The van der Waals surface area contributed by atoms with Crippen LogP contribution in [0.15, 0.2) is 34.4 Å². The van der Waals surface area contributed by atoms with E-state index in [-0.39, 0.29) is 18.2 Å². The van der Waals surface area contributed by atoms with Crippen molar-refractivity contribution in [2.24, 2.45) is 11.7 Å². The van der Waals surface area contributed by atoms with E-state index in [1.54, 1.807) is 33.8 Å². The summed E-state index contributed by atoms with van der Waals surface area (Å²) >= 11 is 7.02. The van der Waals surface area contributed by atoms with Gasteiger partial charge in [-0.15, -0.1) is 16.4 Å². The highest BCUT2D eigenvalue weighted by Gasteiger charge is 2.27. The summed E-state index contributed by atoms with van der Waals surface area (Å²) in [6, 6.07) is 3.56. The number of likely N-dealkylation sites (tertiary alicyclic amines) is 1. The largest absolute Gasteiger partial charge is 0.461 e. The van der Waals surface area contributed by atoms with E-state index in [1.165, 1.54) is 11.3 Å². The summed E-state index contributed by atoms with van der Waals surface area (Å²) in [6.07, 6.45) is 5.10. The Balaban J connectivity index is 1.49. The van der Waals surface area contributed by atoms with Crippen molar-refractivity contribution in [1.82, 2.24) is 24.2 Å². The number of hydrogen-bond acceptors (Lipinski definition) is 8. The van der Waals surface area contributed by atoms with Crippen molar-refractivity contribution in [3.8, 4) is 11.6 Å². The van der Waals surface area contributed by atoms with Crippen LogP contribution in [-0.4, -0.2) is 49.1 Å². The molecular formula is C19H23N7O3S2. The average Bonchev–Trinajstić information content (AvgIpc) is 3.50. The Bertz CT molecular complexity index is 1090. The molecule has 0 aliphatic carbocycles. The van der Waals surface area contributed by atoms with Gasteiger partial charge < -0.3 is 15.5 Å². The van der Waals surface area contributed by atoms with Gasteiger partial charge in [-0.3, -0.25) is 19.1 Å². The van der Waals surface area contributed by atoms with Crippen molar-refractivity contribution in [3.63, 3.8) is 0 Å². The van der Waals surface area contributed by atoms with Gasteiger partial charge in [0.05, 0.1) is 18.8 Å². The standard InChI is InChI=1S/C19H23N7O3S2/c20-15(27)5-8-25-16(14-4-2-9-29-14)23-26(19(25)30)12-24-7-1-3-13(11-24)17(28)22-18-21-6-10-31-18/h2,4,6,9-10,13H,1,3,5,7-8,11-12H2,(H2,20,27)(H,21,22,28). The van der Waals surface area contributed by atoms with E-state index in [1.807, 2.05) is 5.38 Å². The number of rotatable bonds is 8. The zero-order chi connectivity index (χ0) is 21.8. The van der Waals surface area contributed by atoms with Gasteiger partial charge in [-0.25, -0.2) is 9.67 Å². The molecule has 0 saturated carbocycles. The topological polar surface area (TPSA) is 124 Å². The number of nitrogens with two attached hydrogens (primary N) is 1. The summed E-state index contributed by atoms with van der Waals surface area (Å²) in [5, 5.41) is 9.96. The van der Waals surface area contributed by atoms with Crippen molar-refractivity contribution < 1.29 is 14.0 Å². The number of carbonyl (C=O) groups is 2. The van der Waals surface area contributed by atoms with Crippen molar-refractivity contribution in [3.05, 3.63) is 34.7 Å². The summed E-state index contributed by atoms with van der Waals surface area (Å²) in [5.74, 6) is 0.546. The van der Waals surface area contributed by atoms with Crippen LogP contribution in [0.3, 0.4) is 0 Å². The highest BCUT2D eigenvalue weighted by Crippen LogP contribution is 2.22. The number of amides is 2. The summed E-state index contributed by atoms with van der Waals surface area (Å²) in [7, 11) is 0. The van der Waals surface area contributed by atoms with Gasteiger partial charge in [-0.1, -0.05) is 0 Å². The second kappa shape index (κ2) is 9.54. The van der Waals surface area contributed by atoms with Crippen LogP contribution in [0.25, 0.3) is 11.6 Å². The van der Waals surface area contributed by atoms with Gasteiger partial charge in [0.15, 0.2) is 21.5 Å². The predicted octanol–water partition coefficient (Wildman–Crippen LogP) is 2.31. The molecule has 0 aromatic carbocycles. The van der Waals surface area contributed by atoms with E-state index in [0.717, 1.165) is 19.4 Å². The van der Waals surface area contributed by atoms with Crippen molar-refractivity contribution in [1.29, 1.82) is 0 Å². The first kappa shape index (κ1) is 21.4. The second-order valence-corrected chi connectivity index (χ2v) is 8.59. The lowest BCUT2D eigenvalue weighted by Crippen LogP contribution is -2.41. The Morgan fingerprint density at radius 2 is 2.29 bits per heavy atom. The molecule has 0 spiro atoms. The number of hydrogen-bond donors (Lipinski definition) is 2. The van der Waals surface area contributed by atoms with Crippen molar-refractivity contribution in [2.45, 2.75) is 32.5 Å². The molecule has 1 fully saturated rings. The van der Waals surface area contributed by atoms with E-state index < -0.39 is 5.91 Å². The first-order valence-electron chi connectivity index (χ1n) is 9.94. The average molecular weight is 462 g/mol. The molecule has 10 nitrogen and oxygen atoms in total. The van der Waals surface area contributed by atoms with E-state index in [9.17, 15) is 9.59 Å². The normalized spacial score (nSPS) is 17.0. The van der Waals surface area contributed by atoms with E-state index in [4.69, 9.17) is 22.4 Å². The monoisotopic (exact) mass is 461 g/mol. The fourth-order valence-corrected chi connectivity index (χ4v) is 4.43. The van der Waals surface area contributed by atoms with Crippen LogP contribution in [0.5, 0.6) is 0 Å². The van der Waals surface area contributed by atoms with E-state index >= 15 is 0 Å². The van der Waals surface area contributed by atoms with Gasteiger partial charge in [0.2, 0.25) is 11.8 Å². The number of piperidine rings is 1. The Hall–Kier alpha value is -2.83. The number of nitrogens with zero attached hydrogens (tertiary/aromatic N) is 5. The maximum Gasteiger partial charge on any atom is 0.230 e. The lowest BCUT2D eigenvalue weighted by molar-refractivity contribution is -0.121. The lowest BCUT2D eigenvalue weighted by atomic mass is 9.97. The number of thiazole rings is 1. The number of anilines is 1. The van der Waals surface area contributed by atoms with Gasteiger partial charge >= 0.3 is 0 Å². The molecule has 1 aliphatic rings. The number of furan rings is 1. The molecule has 3 N–H and O–H groups in total. The van der Waals surface area contributed by atoms with Crippen LogP contribution >= 0.6 is 23.6 Å². The first-order chi connectivity index (χ1) is 15.0. The molecule has 164 valence electrons. The molecule has 1 atom stereocenters. The Kier molecular flexibility index (Phi) is 6.59. The van der Waals surface area contributed by atoms with Crippen molar-refractivity contribution >= 4 is 40.5 Å². The number of carbonyl (C=O) groups excluding carboxylic acids is 2. The molecular weight excluding hydrogens is 438 g/mol. The van der Waals surface area contributed by atoms with Crippen LogP contribution < -0.4 is 11.1 Å². The third kappa shape index (κ3) is 5.09. The Morgan fingerprint density at radius 3 is 3.00 bits per heavy atom. The third-order valence-corrected chi connectivity index (χ3v) is 6.24. The van der Waals surface area contributed by atoms with Crippen molar-refractivity contribution in [2.75, 3.05) is 18.4 Å². The SMILES string of the molecule is NC(=O)CCn1c(-c2ccco2)nn(CN2CCCC(C(=O)Nc3nccs3)C2)c1=S. The molecule has 12 heteroatoms. The molecule has 4 heterocycles. The molecule has 0 radical (unpaired) electrons. The second-order valence-electron chi connectivity index (χ2n) is 7.34. The van der Waals surface area contributed by atoms with E-state index in [2.05, 4.69) is 20.3 Å². The van der Waals surface area contributed by atoms with E-state index in [0.29, 0.717) is 41.2 Å². The van der Waals surface area contributed by atoms with Crippen LogP contribution in [0.2, 0.25) is 0 Å². The van der Waals surface area contributed by atoms with Gasteiger partial charge in [-0.05, 0) is 43.7 Å². The molecule has 1 aliphatic heterocycles. The fraction of sp³-hybridized carbons (Fsp3) is 0.421. The molecule has 2 amide bonds. The Labute approximate surface area is 187 Å². The summed E-state index contributed by atoms with van der Waals surface area (Å²) in [4.78, 5) is 30.2. The smallest absolute Gasteiger partial charge is 0.230 e. The van der Waals surface area contributed by atoms with Gasteiger partial charge in [-0.2, -0.15) is 0 Å². The van der Waals surface area contributed by atoms with Gasteiger partial charge in [0, 0.05) is 31.1 Å². The quantitative estimate of drug-likeness (QED) is 0.493. The number of primary amides is 1. The highest BCUT2D eigenvalue weighted by atomic mass is 32.1. The zero-order valence-electron chi connectivity index (χ0n) is 16.8. The third-order valence-electron chi connectivity index (χ3n) is 5.12. The highest BCUT2D eigenvalue weighted by molar-refractivity contribution is 7.71. The summed E-state index contributed by atoms with van der Waals surface area (Å²) in [5.41, 5.74) is 5.32. The minimum atomic E-state index is -0.412. The zero-order valence-corrected chi connectivity index (χ0v) is 18.4. The van der Waals surface area contributed by atoms with Crippen LogP contribution in [0.4, 0.5) is 5.13 Å².